The van der Waals surface area contributed by atoms with Gasteiger partial charge in [0.2, 0.25) is 5.82 Å². The van der Waals surface area contributed by atoms with E-state index in [1.54, 1.807) is 23.9 Å². The maximum Gasteiger partial charge on any atom is 0.306 e. The Hall–Kier alpha value is -2.41. The topological polar surface area (TPSA) is 72.2 Å². The number of benzene rings is 2. The van der Waals surface area contributed by atoms with Crippen molar-refractivity contribution in [3.05, 3.63) is 64.0 Å². The van der Waals surface area contributed by atoms with E-state index < -0.39 is 22.3 Å². The third-order valence-corrected chi connectivity index (χ3v) is 3.98. The Balaban J connectivity index is 2.26. The van der Waals surface area contributed by atoms with E-state index in [-0.39, 0.29) is 5.69 Å². The fourth-order valence-electron chi connectivity index (χ4n) is 1.94. The number of rotatable bonds is 5. The standard InChI is InChI=1S/C16H15FN2O3S/c1-10(2)23-15-6-4-3-5-12(15)16(20)18-11-7-8-13(17)14(9-11)19(21)22/h3-10H,1-2H3,(H,18,20). The number of nitrogens with one attached hydrogen (secondary N) is 1. The lowest BCUT2D eigenvalue weighted by atomic mass is 10.2. The van der Waals surface area contributed by atoms with Crippen LogP contribution >= 0.6 is 11.8 Å². The van der Waals surface area contributed by atoms with Crippen LogP contribution in [0.15, 0.2) is 47.4 Å². The third-order valence-electron chi connectivity index (χ3n) is 2.90. The zero-order chi connectivity index (χ0) is 17.0. The maximum absolute atomic E-state index is 13.3. The largest absolute Gasteiger partial charge is 0.322 e. The molecule has 0 fully saturated rings. The van der Waals surface area contributed by atoms with E-state index in [9.17, 15) is 19.3 Å². The molecule has 2 rings (SSSR count). The zero-order valence-electron chi connectivity index (χ0n) is 12.6. The normalized spacial score (nSPS) is 10.6. The molecule has 0 spiro atoms. The van der Waals surface area contributed by atoms with Gasteiger partial charge in [-0.3, -0.25) is 14.9 Å². The van der Waals surface area contributed by atoms with Gasteiger partial charge in [0.05, 0.1) is 10.5 Å². The first-order chi connectivity index (χ1) is 10.9. The van der Waals surface area contributed by atoms with Gasteiger partial charge >= 0.3 is 5.69 Å². The number of nitro groups is 1. The van der Waals surface area contributed by atoms with Crippen LogP contribution in [0.1, 0.15) is 24.2 Å². The number of nitro benzene ring substituents is 1. The van der Waals surface area contributed by atoms with Gasteiger partial charge < -0.3 is 5.32 Å². The minimum atomic E-state index is -0.941. The van der Waals surface area contributed by atoms with Crippen molar-refractivity contribution in [3.63, 3.8) is 0 Å². The Kier molecular flexibility index (Phi) is 5.33. The Bertz CT molecular complexity index is 750. The second-order valence-corrected chi connectivity index (χ2v) is 6.66. The van der Waals surface area contributed by atoms with Gasteiger partial charge in [-0.15, -0.1) is 11.8 Å². The van der Waals surface area contributed by atoms with Crippen LogP contribution in [0, 0.1) is 15.9 Å². The van der Waals surface area contributed by atoms with E-state index in [0.29, 0.717) is 10.8 Å². The van der Waals surface area contributed by atoms with E-state index in [1.807, 2.05) is 26.0 Å². The molecule has 0 radical (unpaired) electrons. The highest BCUT2D eigenvalue weighted by atomic mass is 32.2. The minimum absolute atomic E-state index is 0.174. The second kappa shape index (κ2) is 7.23. The molecule has 0 atom stereocenters. The highest BCUT2D eigenvalue weighted by Gasteiger charge is 2.17. The molecule has 0 unspecified atom stereocenters. The predicted octanol–water partition coefficient (Wildman–Crippen LogP) is 4.49. The van der Waals surface area contributed by atoms with E-state index in [0.717, 1.165) is 17.0 Å². The molecule has 0 saturated carbocycles. The summed E-state index contributed by atoms with van der Waals surface area (Å²) in [5.41, 5.74) is -0.0294. The molecule has 0 aliphatic rings. The molecule has 7 heteroatoms. The fourth-order valence-corrected chi connectivity index (χ4v) is 2.89. The molecule has 1 N–H and O–H groups in total. The number of halogens is 1. The molecule has 23 heavy (non-hydrogen) atoms. The Labute approximate surface area is 137 Å². The molecule has 0 saturated heterocycles. The molecule has 0 bridgehead atoms. The monoisotopic (exact) mass is 334 g/mol. The summed E-state index contributed by atoms with van der Waals surface area (Å²) in [5, 5.41) is 13.6. The quantitative estimate of drug-likeness (QED) is 0.497. The Morgan fingerprint density at radius 2 is 1.96 bits per heavy atom. The van der Waals surface area contributed by atoms with Gasteiger partial charge in [-0.25, -0.2) is 0 Å². The summed E-state index contributed by atoms with van der Waals surface area (Å²) in [6, 6.07) is 10.4. The Morgan fingerprint density at radius 3 is 2.61 bits per heavy atom. The summed E-state index contributed by atoms with van der Waals surface area (Å²) >= 11 is 1.55. The van der Waals surface area contributed by atoms with Crippen LogP contribution in [0.3, 0.4) is 0 Å². The lowest BCUT2D eigenvalue weighted by Gasteiger charge is -2.11. The van der Waals surface area contributed by atoms with Crippen molar-refractivity contribution in [3.8, 4) is 0 Å². The summed E-state index contributed by atoms with van der Waals surface area (Å²) < 4.78 is 13.3. The summed E-state index contributed by atoms with van der Waals surface area (Å²) in [7, 11) is 0. The van der Waals surface area contributed by atoms with E-state index in [1.165, 1.54) is 6.07 Å². The second-order valence-electron chi connectivity index (χ2n) is 5.04. The molecule has 0 aliphatic heterocycles. The first-order valence-electron chi connectivity index (χ1n) is 6.89. The van der Waals surface area contributed by atoms with Crippen LogP contribution < -0.4 is 5.32 Å². The van der Waals surface area contributed by atoms with Gasteiger partial charge in [-0.05, 0) is 24.3 Å². The first kappa shape index (κ1) is 17.0. The number of anilines is 1. The molecule has 0 heterocycles. The summed E-state index contributed by atoms with van der Waals surface area (Å²) in [5.74, 6) is -1.33. The Morgan fingerprint density at radius 1 is 1.26 bits per heavy atom. The van der Waals surface area contributed by atoms with Crippen molar-refractivity contribution in [1.82, 2.24) is 0 Å². The SMILES string of the molecule is CC(C)Sc1ccccc1C(=O)Nc1ccc(F)c([N+](=O)[O-])c1. The highest BCUT2D eigenvalue weighted by Crippen LogP contribution is 2.28. The summed E-state index contributed by atoms with van der Waals surface area (Å²) in [6.45, 7) is 4.03. The molecule has 2 aromatic rings. The van der Waals surface area contributed by atoms with Crippen LogP contribution in [0.25, 0.3) is 0 Å². The molecule has 1 amide bonds. The number of thioether (sulfide) groups is 1. The van der Waals surface area contributed by atoms with Gasteiger partial charge in [0, 0.05) is 21.9 Å². The molecule has 120 valence electrons. The molecule has 5 nitrogen and oxygen atoms in total. The van der Waals surface area contributed by atoms with E-state index in [2.05, 4.69) is 5.32 Å². The average Bonchev–Trinajstić information content (AvgIpc) is 2.48. The van der Waals surface area contributed by atoms with Gasteiger partial charge in [0.15, 0.2) is 0 Å². The van der Waals surface area contributed by atoms with Crippen LogP contribution in [0.2, 0.25) is 0 Å². The fraction of sp³-hybridized carbons (Fsp3) is 0.188. The van der Waals surface area contributed by atoms with Crippen molar-refractivity contribution >= 4 is 29.0 Å². The molecule has 0 aliphatic carbocycles. The molecular formula is C16H15FN2O3S. The van der Waals surface area contributed by atoms with Crippen molar-refractivity contribution < 1.29 is 14.1 Å². The van der Waals surface area contributed by atoms with Crippen LogP contribution in [-0.4, -0.2) is 16.1 Å². The number of hydrogen-bond donors (Lipinski definition) is 1. The number of amides is 1. The lowest BCUT2D eigenvalue weighted by Crippen LogP contribution is -2.13. The number of nitrogens with zero attached hydrogens (tertiary/aromatic N) is 1. The van der Waals surface area contributed by atoms with Crippen molar-refractivity contribution in [2.24, 2.45) is 0 Å². The average molecular weight is 334 g/mol. The van der Waals surface area contributed by atoms with Gasteiger partial charge in [-0.1, -0.05) is 26.0 Å². The van der Waals surface area contributed by atoms with Gasteiger partial charge in [0.25, 0.3) is 5.91 Å². The first-order valence-corrected chi connectivity index (χ1v) is 7.77. The van der Waals surface area contributed by atoms with Gasteiger partial charge in [-0.2, -0.15) is 4.39 Å². The van der Waals surface area contributed by atoms with Crippen LogP contribution in [0.5, 0.6) is 0 Å². The number of hydrogen-bond acceptors (Lipinski definition) is 4. The zero-order valence-corrected chi connectivity index (χ0v) is 13.4. The smallest absolute Gasteiger partial charge is 0.306 e. The summed E-state index contributed by atoms with van der Waals surface area (Å²) in [4.78, 5) is 23.1. The van der Waals surface area contributed by atoms with Crippen molar-refractivity contribution in [2.45, 2.75) is 24.0 Å². The lowest BCUT2D eigenvalue weighted by molar-refractivity contribution is -0.387. The molecule has 0 aromatic heterocycles. The number of carbonyl (C=O) groups is 1. The van der Waals surface area contributed by atoms with Crippen LogP contribution in [0.4, 0.5) is 15.8 Å². The van der Waals surface area contributed by atoms with Crippen molar-refractivity contribution in [2.75, 3.05) is 5.32 Å². The minimum Gasteiger partial charge on any atom is -0.322 e. The summed E-state index contributed by atoms with van der Waals surface area (Å²) in [6.07, 6.45) is 0. The van der Waals surface area contributed by atoms with Crippen molar-refractivity contribution in [1.29, 1.82) is 0 Å². The van der Waals surface area contributed by atoms with Crippen LogP contribution in [-0.2, 0) is 0 Å². The predicted molar refractivity (Wildman–Crippen MR) is 88.4 cm³/mol. The van der Waals surface area contributed by atoms with Gasteiger partial charge in [0.1, 0.15) is 0 Å². The maximum atomic E-state index is 13.3. The molecular weight excluding hydrogens is 319 g/mol. The van der Waals surface area contributed by atoms with E-state index in [4.69, 9.17) is 0 Å². The third kappa shape index (κ3) is 4.29. The van der Waals surface area contributed by atoms with E-state index >= 15 is 0 Å². The molecule has 2 aromatic carbocycles. The number of carbonyl (C=O) groups excluding carboxylic acids is 1. The highest BCUT2D eigenvalue weighted by molar-refractivity contribution is 8.00.